The molecule has 0 amide bonds. The monoisotopic (exact) mass is 519 g/mol. The molecule has 0 saturated heterocycles. The van der Waals surface area contributed by atoms with Gasteiger partial charge in [0.05, 0.1) is 11.1 Å². The molecule has 2 aliphatic rings. The minimum atomic E-state index is -1.54. The zero-order chi connectivity index (χ0) is 28.1. The molecule has 0 aromatic heterocycles. The highest BCUT2D eigenvalue weighted by Crippen LogP contribution is 2.57. The van der Waals surface area contributed by atoms with Crippen molar-refractivity contribution >= 4 is 17.3 Å². The average Bonchev–Trinajstić information content (AvgIpc) is 3.13. The molecule has 1 aliphatic carbocycles. The number of fused-ring (bicyclic) bond motifs is 3. The SMILES string of the molecule is CC(=O)c1c(O)c(C)c(O)c2c1OC1=CC(=O)C(=C(C)NCCOc3cc(C)ccc3C(C)C)C(=O)C12C. The number of rotatable bonds is 7. The lowest BCUT2D eigenvalue weighted by atomic mass is 9.70. The Kier molecular flexibility index (Phi) is 6.86. The summed E-state index contributed by atoms with van der Waals surface area (Å²) in [6.07, 6.45) is 1.20. The minimum absolute atomic E-state index is 0.00541. The summed E-state index contributed by atoms with van der Waals surface area (Å²) in [4.78, 5) is 39.2. The van der Waals surface area contributed by atoms with Gasteiger partial charge < -0.3 is 25.0 Å². The summed E-state index contributed by atoms with van der Waals surface area (Å²) in [6.45, 7) is 12.7. The normalized spacial score (nSPS) is 19.5. The highest BCUT2D eigenvalue weighted by molar-refractivity contribution is 6.31. The van der Waals surface area contributed by atoms with Gasteiger partial charge in [-0.1, -0.05) is 26.0 Å². The zero-order valence-electron chi connectivity index (χ0n) is 22.7. The lowest BCUT2D eigenvalue weighted by Crippen LogP contribution is -2.41. The van der Waals surface area contributed by atoms with Crippen LogP contribution in [0.5, 0.6) is 23.0 Å². The van der Waals surface area contributed by atoms with E-state index in [0.717, 1.165) is 16.9 Å². The van der Waals surface area contributed by atoms with Crippen molar-refractivity contribution in [2.24, 2.45) is 0 Å². The van der Waals surface area contributed by atoms with Crippen LogP contribution >= 0.6 is 0 Å². The van der Waals surface area contributed by atoms with Crippen molar-refractivity contribution in [3.63, 3.8) is 0 Å². The number of nitrogens with one attached hydrogen (secondary N) is 1. The first kappa shape index (κ1) is 27.0. The van der Waals surface area contributed by atoms with Crippen LogP contribution in [0.25, 0.3) is 0 Å². The molecule has 1 unspecified atom stereocenters. The molecule has 2 aromatic carbocycles. The third-order valence-electron chi connectivity index (χ3n) is 7.30. The second-order valence-electron chi connectivity index (χ2n) is 10.4. The Morgan fingerprint density at radius 2 is 1.82 bits per heavy atom. The number of aromatic hydroxyl groups is 2. The van der Waals surface area contributed by atoms with Gasteiger partial charge in [0.1, 0.15) is 46.3 Å². The Balaban J connectivity index is 1.63. The molecule has 0 radical (unpaired) electrons. The third kappa shape index (κ3) is 4.14. The van der Waals surface area contributed by atoms with E-state index in [-0.39, 0.29) is 39.5 Å². The van der Waals surface area contributed by atoms with E-state index in [4.69, 9.17) is 9.47 Å². The number of hydrogen-bond acceptors (Lipinski definition) is 8. The lowest BCUT2D eigenvalue weighted by molar-refractivity contribution is -0.123. The Hall–Kier alpha value is -4.07. The van der Waals surface area contributed by atoms with Crippen molar-refractivity contribution in [2.45, 2.75) is 59.8 Å². The molecular formula is C30H33NO7. The van der Waals surface area contributed by atoms with Gasteiger partial charge in [0.25, 0.3) is 0 Å². The maximum atomic E-state index is 13.9. The van der Waals surface area contributed by atoms with Gasteiger partial charge in [-0.15, -0.1) is 0 Å². The molecule has 8 heteroatoms. The smallest absolute Gasteiger partial charge is 0.194 e. The maximum Gasteiger partial charge on any atom is 0.194 e. The molecule has 3 N–H and O–H groups in total. The fourth-order valence-corrected chi connectivity index (χ4v) is 5.09. The number of Topliss-reactive ketones (excluding diaryl/α,β-unsaturated/α-hetero) is 2. The largest absolute Gasteiger partial charge is 0.507 e. The van der Waals surface area contributed by atoms with Crippen molar-refractivity contribution in [3.8, 4) is 23.0 Å². The molecule has 8 nitrogen and oxygen atoms in total. The number of hydrogen-bond donors (Lipinski definition) is 3. The third-order valence-corrected chi connectivity index (χ3v) is 7.30. The molecule has 4 rings (SSSR count). The predicted octanol–water partition coefficient (Wildman–Crippen LogP) is 4.67. The average molecular weight is 520 g/mol. The van der Waals surface area contributed by atoms with Crippen LogP contribution in [0.15, 0.2) is 41.3 Å². The maximum absolute atomic E-state index is 13.9. The topological polar surface area (TPSA) is 122 Å². The molecule has 1 heterocycles. The Labute approximate surface area is 222 Å². The van der Waals surface area contributed by atoms with Gasteiger partial charge in [-0.05, 0) is 57.7 Å². The van der Waals surface area contributed by atoms with Crippen molar-refractivity contribution < 1.29 is 34.1 Å². The number of ketones is 3. The fraction of sp³-hybridized carbons (Fsp3) is 0.367. The number of carbonyl (C=O) groups is 3. The molecule has 0 bridgehead atoms. The Morgan fingerprint density at radius 3 is 2.45 bits per heavy atom. The second-order valence-corrected chi connectivity index (χ2v) is 10.4. The van der Waals surface area contributed by atoms with Crippen LogP contribution in [0.3, 0.4) is 0 Å². The second kappa shape index (κ2) is 9.67. The van der Waals surface area contributed by atoms with Crippen LogP contribution in [0, 0.1) is 13.8 Å². The van der Waals surface area contributed by atoms with Gasteiger partial charge in [0.2, 0.25) is 0 Å². The van der Waals surface area contributed by atoms with Crippen molar-refractivity contribution in [1.82, 2.24) is 5.32 Å². The van der Waals surface area contributed by atoms with Crippen LogP contribution in [0.4, 0.5) is 0 Å². The van der Waals surface area contributed by atoms with Crippen molar-refractivity contribution in [3.05, 3.63) is 69.1 Å². The number of ether oxygens (including phenoxy) is 2. The number of allylic oxidation sites excluding steroid dienone is 4. The van der Waals surface area contributed by atoms with Crippen LogP contribution in [-0.2, 0) is 15.0 Å². The van der Waals surface area contributed by atoms with Gasteiger partial charge in [-0.25, -0.2) is 0 Å². The first-order valence-corrected chi connectivity index (χ1v) is 12.6. The van der Waals surface area contributed by atoms with Gasteiger partial charge in [0, 0.05) is 23.9 Å². The van der Waals surface area contributed by atoms with Crippen LogP contribution in [0.2, 0.25) is 0 Å². The summed E-state index contributed by atoms with van der Waals surface area (Å²) in [7, 11) is 0. The number of carbonyl (C=O) groups excluding carboxylic acids is 3. The van der Waals surface area contributed by atoms with Crippen molar-refractivity contribution in [2.75, 3.05) is 13.2 Å². The van der Waals surface area contributed by atoms with Crippen LogP contribution in [0.1, 0.15) is 73.1 Å². The fourth-order valence-electron chi connectivity index (χ4n) is 5.09. The first-order chi connectivity index (χ1) is 17.8. The van der Waals surface area contributed by atoms with E-state index in [9.17, 15) is 24.6 Å². The highest BCUT2D eigenvalue weighted by Gasteiger charge is 2.56. The Bertz CT molecular complexity index is 1450. The van der Waals surface area contributed by atoms with E-state index in [0.29, 0.717) is 24.8 Å². The molecule has 0 spiro atoms. The van der Waals surface area contributed by atoms with E-state index in [1.165, 1.54) is 19.9 Å². The van der Waals surface area contributed by atoms with Crippen LogP contribution < -0.4 is 14.8 Å². The summed E-state index contributed by atoms with van der Waals surface area (Å²) in [5, 5.41) is 24.5. The van der Waals surface area contributed by atoms with E-state index in [1.54, 1.807) is 13.8 Å². The number of aryl methyl sites for hydroxylation is 1. The van der Waals surface area contributed by atoms with E-state index in [2.05, 4.69) is 25.2 Å². The summed E-state index contributed by atoms with van der Waals surface area (Å²) >= 11 is 0. The van der Waals surface area contributed by atoms with Gasteiger partial charge in [-0.2, -0.15) is 0 Å². The summed E-state index contributed by atoms with van der Waals surface area (Å²) in [5.74, 6) is -1.39. The lowest BCUT2D eigenvalue weighted by Gasteiger charge is -2.29. The quantitative estimate of drug-likeness (QED) is 0.209. The molecule has 38 heavy (non-hydrogen) atoms. The minimum Gasteiger partial charge on any atom is -0.507 e. The first-order valence-electron chi connectivity index (χ1n) is 12.6. The van der Waals surface area contributed by atoms with Crippen LogP contribution in [-0.4, -0.2) is 40.7 Å². The highest BCUT2D eigenvalue weighted by atomic mass is 16.5. The molecule has 2 aromatic rings. The zero-order valence-corrected chi connectivity index (χ0v) is 22.7. The van der Waals surface area contributed by atoms with Gasteiger partial charge in [0.15, 0.2) is 17.3 Å². The molecule has 200 valence electrons. The predicted molar refractivity (Wildman–Crippen MR) is 142 cm³/mol. The molecule has 0 fully saturated rings. The number of benzene rings is 2. The standard InChI is InChI=1S/C30H33NO7/c1-14(2)19-9-8-15(3)12-21(19)37-11-10-31-17(5)23-20(33)13-22-30(7,29(23)36)25-27(35)16(4)26(34)24(18(6)32)28(25)38-22/h8-9,12-14,31,34-35H,10-11H2,1-7H3. The number of phenols is 2. The summed E-state index contributed by atoms with van der Waals surface area (Å²) in [5.41, 5.74) is 0.919. The molecule has 1 aliphatic heterocycles. The summed E-state index contributed by atoms with van der Waals surface area (Å²) < 4.78 is 11.8. The van der Waals surface area contributed by atoms with Crippen molar-refractivity contribution in [1.29, 1.82) is 0 Å². The van der Waals surface area contributed by atoms with E-state index >= 15 is 0 Å². The Morgan fingerprint density at radius 1 is 1.13 bits per heavy atom. The molecule has 1 atom stereocenters. The van der Waals surface area contributed by atoms with Gasteiger partial charge >= 0.3 is 0 Å². The summed E-state index contributed by atoms with van der Waals surface area (Å²) in [6, 6.07) is 6.08. The van der Waals surface area contributed by atoms with E-state index in [1.807, 2.05) is 19.1 Å². The van der Waals surface area contributed by atoms with E-state index < -0.39 is 28.5 Å². The molecule has 0 saturated carbocycles. The molecular weight excluding hydrogens is 486 g/mol. The number of phenolic OH excluding ortho intramolecular Hbond substituents is 2. The van der Waals surface area contributed by atoms with Gasteiger partial charge in [-0.3, -0.25) is 14.4 Å².